The van der Waals surface area contributed by atoms with Crippen molar-refractivity contribution in [2.75, 3.05) is 19.5 Å². The number of methoxy groups -OCH3 is 2. The number of benzene rings is 4. The summed E-state index contributed by atoms with van der Waals surface area (Å²) in [5, 5.41) is 23.4. The van der Waals surface area contributed by atoms with E-state index >= 15 is 0 Å². The number of likely N-dealkylation sites (tertiary alicyclic amines) is 1. The van der Waals surface area contributed by atoms with Gasteiger partial charge < -0.3 is 19.9 Å². The predicted octanol–water partition coefficient (Wildman–Crippen LogP) is 7.08. The third-order valence-corrected chi connectivity index (χ3v) is 8.66. The van der Waals surface area contributed by atoms with Crippen LogP contribution >= 0.6 is 11.6 Å². The van der Waals surface area contributed by atoms with Crippen LogP contribution in [0.15, 0.2) is 91.0 Å². The van der Waals surface area contributed by atoms with Crippen molar-refractivity contribution in [2.24, 2.45) is 5.92 Å². The number of carboxylic acid groups (broad SMARTS) is 1. The number of ketones is 1. The summed E-state index contributed by atoms with van der Waals surface area (Å²) in [6, 6.07) is 22.4. The first-order chi connectivity index (χ1) is 22.0. The molecular formula is C35H29ClFN3O6. The number of carboxylic acids is 1. The Morgan fingerprint density at radius 1 is 0.913 bits per heavy atom. The maximum absolute atomic E-state index is 14.7. The van der Waals surface area contributed by atoms with Gasteiger partial charge in [-0.1, -0.05) is 41.9 Å². The largest absolute Gasteiger partial charge is 0.493 e. The lowest BCUT2D eigenvalue weighted by molar-refractivity contribution is -0.148. The fourth-order valence-electron chi connectivity index (χ4n) is 6.21. The molecule has 0 radical (unpaired) electrons. The molecule has 0 aromatic heterocycles. The number of carbonyl (C=O) groups is 3. The van der Waals surface area contributed by atoms with Gasteiger partial charge in [-0.3, -0.25) is 9.69 Å². The number of halogens is 2. The van der Waals surface area contributed by atoms with Gasteiger partial charge in [-0.25, -0.2) is 14.0 Å². The molecule has 1 aliphatic rings. The molecule has 0 aliphatic carbocycles. The third-order valence-electron chi connectivity index (χ3n) is 8.41. The zero-order valence-electron chi connectivity index (χ0n) is 25.0. The van der Waals surface area contributed by atoms with E-state index in [2.05, 4.69) is 5.32 Å². The van der Waals surface area contributed by atoms with Crippen LogP contribution in [0.3, 0.4) is 0 Å². The van der Waals surface area contributed by atoms with Crippen molar-refractivity contribution < 1.29 is 33.4 Å². The van der Waals surface area contributed by atoms with Gasteiger partial charge in [-0.05, 0) is 78.7 Å². The van der Waals surface area contributed by atoms with Gasteiger partial charge in [-0.2, -0.15) is 5.26 Å². The first-order valence-electron chi connectivity index (χ1n) is 14.1. The van der Waals surface area contributed by atoms with Crippen molar-refractivity contribution in [1.29, 1.82) is 5.26 Å². The topological polar surface area (TPSA) is 129 Å². The molecule has 2 amide bonds. The summed E-state index contributed by atoms with van der Waals surface area (Å²) in [5.41, 5.74) is -0.377. The zero-order valence-corrected chi connectivity index (χ0v) is 25.8. The lowest BCUT2D eigenvalue weighted by atomic mass is 9.71. The van der Waals surface area contributed by atoms with Crippen LogP contribution in [0.2, 0.25) is 5.02 Å². The fourth-order valence-corrected chi connectivity index (χ4v) is 6.34. The Kier molecular flexibility index (Phi) is 8.98. The van der Waals surface area contributed by atoms with Crippen LogP contribution in [0.25, 0.3) is 0 Å². The highest BCUT2D eigenvalue weighted by molar-refractivity contribution is 6.30. The van der Waals surface area contributed by atoms with E-state index in [9.17, 15) is 29.1 Å². The number of hydrogen-bond donors (Lipinski definition) is 2. The molecule has 0 bridgehead atoms. The molecule has 234 valence electrons. The minimum Gasteiger partial charge on any atom is -0.493 e. The summed E-state index contributed by atoms with van der Waals surface area (Å²) in [6.45, 7) is 1.40. The number of hydrogen-bond acceptors (Lipinski definition) is 6. The number of aliphatic carboxylic acids is 1. The highest BCUT2D eigenvalue weighted by Gasteiger charge is 2.65. The van der Waals surface area contributed by atoms with Crippen LogP contribution in [0.5, 0.6) is 11.5 Å². The Morgan fingerprint density at radius 2 is 1.52 bits per heavy atom. The molecule has 5 rings (SSSR count). The summed E-state index contributed by atoms with van der Waals surface area (Å²) in [6.07, 6.45) is 0. The summed E-state index contributed by atoms with van der Waals surface area (Å²) in [4.78, 5) is 43.7. The van der Waals surface area contributed by atoms with Crippen molar-refractivity contribution in [2.45, 2.75) is 24.4 Å². The van der Waals surface area contributed by atoms with E-state index in [0.29, 0.717) is 33.2 Å². The molecule has 11 heteroatoms. The summed E-state index contributed by atoms with van der Waals surface area (Å²) >= 11 is 6.22. The predicted molar refractivity (Wildman–Crippen MR) is 169 cm³/mol. The maximum atomic E-state index is 14.7. The monoisotopic (exact) mass is 641 g/mol. The fraction of sp³-hybridized carbons (Fsp3) is 0.200. The highest BCUT2D eigenvalue weighted by Crippen LogP contribution is 2.57. The van der Waals surface area contributed by atoms with Crippen LogP contribution in [0.1, 0.15) is 45.9 Å². The number of Topliss-reactive ketones (excluding diaryl/α,β-unsaturated/α-hetero) is 1. The van der Waals surface area contributed by atoms with E-state index in [1.54, 1.807) is 42.5 Å². The minimum atomic E-state index is -2.03. The van der Waals surface area contributed by atoms with Crippen molar-refractivity contribution >= 4 is 35.1 Å². The Bertz CT molecular complexity index is 1830. The number of rotatable bonds is 8. The Hall–Kier alpha value is -5.40. The van der Waals surface area contributed by atoms with Crippen molar-refractivity contribution in [1.82, 2.24) is 4.90 Å². The second-order valence-corrected chi connectivity index (χ2v) is 11.4. The quantitative estimate of drug-likeness (QED) is 0.197. The van der Waals surface area contributed by atoms with Gasteiger partial charge in [-0.15, -0.1) is 0 Å². The van der Waals surface area contributed by atoms with Crippen LogP contribution in [-0.4, -0.2) is 47.5 Å². The van der Waals surface area contributed by atoms with Gasteiger partial charge in [0.05, 0.1) is 37.8 Å². The smallest absolute Gasteiger partial charge is 0.330 e. The lowest BCUT2D eigenvalue weighted by Crippen LogP contribution is -2.55. The van der Waals surface area contributed by atoms with Gasteiger partial charge in [0.1, 0.15) is 11.4 Å². The van der Waals surface area contributed by atoms with E-state index in [0.717, 1.165) is 17.0 Å². The normalized spacial score (nSPS) is 20.4. The van der Waals surface area contributed by atoms with E-state index in [1.807, 2.05) is 6.07 Å². The maximum Gasteiger partial charge on any atom is 0.330 e. The van der Waals surface area contributed by atoms with Gasteiger partial charge >= 0.3 is 12.0 Å². The molecule has 4 atom stereocenters. The molecule has 9 nitrogen and oxygen atoms in total. The first kappa shape index (κ1) is 32.0. The second-order valence-electron chi connectivity index (χ2n) is 10.9. The molecule has 1 saturated heterocycles. The Morgan fingerprint density at radius 3 is 2.09 bits per heavy atom. The average Bonchev–Trinajstić information content (AvgIpc) is 3.35. The molecule has 2 N–H and O–H groups in total. The van der Waals surface area contributed by atoms with Crippen LogP contribution in [0.4, 0.5) is 14.9 Å². The number of nitriles is 1. The lowest BCUT2D eigenvalue weighted by Gasteiger charge is -2.37. The number of urea groups is 1. The van der Waals surface area contributed by atoms with E-state index in [1.165, 1.54) is 57.5 Å². The number of amides is 2. The Balaban J connectivity index is 1.79. The van der Waals surface area contributed by atoms with Gasteiger partial charge in [0.15, 0.2) is 17.3 Å². The standard InChI is InChI=1S/C35H29ClFN3O6/c1-35(33(42)43)30(23-10-17-27(45-2)28(18-23)46-3)29(32(41)22-6-4-20(19-38)5-7-22)31(21-8-11-24(36)12-9-21)40(35)34(44)39-26-15-13-25(37)14-16-26/h4-18,29-31H,1-3H3,(H,39,44)(H,42,43). The number of carbonyl (C=O) groups excluding carboxylic acids is 2. The molecule has 0 spiro atoms. The van der Waals surface area contributed by atoms with Crippen molar-refractivity contribution in [3.63, 3.8) is 0 Å². The van der Waals surface area contributed by atoms with Gasteiger partial charge in [0, 0.05) is 22.2 Å². The second kappa shape index (κ2) is 12.9. The molecule has 0 saturated carbocycles. The molecule has 1 aliphatic heterocycles. The number of nitrogens with zero attached hydrogens (tertiary/aromatic N) is 2. The van der Waals surface area contributed by atoms with Gasteiger partial charge in [0.2, 0.25) is 0 Å². The molecule has 4 unspecified atom stereocenters. The highest BCUT2D eigenvalue weighted by atomic mass is 35.5. The van der Waals surface area contributed by atoms with Crippen molar-refractivity contribution in [3.05, 3.63) is 124 Å². The number of anilines is 1. The van der Waals surface area contributed by atoms with E-state index < -0.39 is 47.0 Å². The summed E-state index contributed by atoms with van der Waals surface area (Å²) in [7, 11) is 2.90. The molecule has 1 fully saturated rings. The summed E-state index contributed by atoms with van der Waals surface area (Å²) in [5.74, 6) is -3.94. The average molecular weight is 642 g/mol. The summed E-state index contributed by atoms with van der Waals surface area (Å²) < 4.78 is 24.6. The number of ether oxygens (including phenoxy) is 2. The van der Waals surface area contributed by atoms with E-state index in [-0.39, 0.29) is 11.3 Å². The zero-order chi connectivity index (χ0) is 33.2. The van der Waals surface area contributed by atoms with Crippen LogP contribution in [-0.2, 0) is 4.79 Å². The van der Waals surface area contributed by atoms with E-state index in [4.69, 9.17) is 21.1 Å². The molecular weight excluding hydrogens is 613 g/mol. The van der Waals surface area contributed by atoms with Gasteiger partial charge in [0.25, 0.3) is 0 Å². The first-order valence-corrected chi connectivity index (χ1v) is 14.5. The van der Waals surface area contributed by atoms with Crippen LogP contribution in [0, 0.1) is 23.1 Å². The molecule has 46 heavy (non-hydrogen) atoms. The Labute approximate surface area is 269 Å². The van der Waals surface area contributed by atoms with Crippen molar-refractivity contribution in [3.8, 4) is 17.6 Å². The molecule has 4 aromatic rings. The molecule has 1 heterocycles. The third kappa shape index (κ3) is 5.73. The minimum absolute atomic E-state index is 0.221. The molecule has 4 aromatic carbocycles. The SMILES string of the molecule is COc1ccc(C2C(C(=O)c3ccc(C#N)cc3)C(c3ccc(Cl)cc3)N(C(=O)Nc3ccc(F)cc3)C2(C)C(=O)O)cc1OC. The number of nitrogens with one attached hydrogen (secondary N) is 1. The van der Waals surface area contributed by atoms with Crippen LogP contribution < -0.4 is 14.8 Å².